The Hall–Kier alpha value is -0.980. The molecule has 2 fully saturated rings. The molecule has 0 radical (unpaired) electrons. The molecule has 23 heavy (non-hydrogen) atoms. The van der Waals surface area contributed by atoms with E-state index in [1.807, 2.05) is 32.0 Å². The maximum atomic E-state index is 6.12. The Morgan fingerprint density at radius 2 is 1.91 bits per heavy atom. The number of hydrogen-bond donors (Lipinski definition) is 0. The molecule has 0 bridgehead atoms. The summed E-state index contributed by atoms with van der Waals surface area (Å²) in [4.78, 5) is 0. The molecule has 0 amide bonds. The standard InChI is InChI=1S/C18H26O5/c1-18(2)22-16-12-21-11-15(19-3)14(17(16)23-18)10-20-9-13-7-5-4-6-8-13/h4-8,14-17H,9-12H2,1-3H3/t14-,15+,16+,17-/m1/s1. The number of rotatable bonds is 5. The molecular formula is C18H26O5. The molecule has 5 nitrogen and oxygen atoms in total. The number of methoxy groups -OCH3 is 1. The van der Waals surface area contributed by atoms with E-state index in [2.05, 4.69) is 12.1 Å². The number of benzene rings is 1. The van der Waals surface area contributed by atoms with Gasteiger partial charge in [-0.3, -0.25) is 0 Å². The predicted octanol–water partition coefficient (Wildman–Crippen LogP) is 2.38. The van der Waals surface area contributed by atoms with Gasteiger partial charge in [0.1, 0.15) is 6.10 Å². The molecular weight excluding hydrogens is 296 g/mol. The van der Waals surface area contributed by atoms with Crippen LogP contribution in [0.1, 0.15) is 19.4 Å². The lowest BCUT2D eigenvalue weighted by molar-refractivity contribution is -0.170. The lowest BCUT2D eigenvalue weighted by Gasteiger charge is -2.29. The van der Waals surface area contributed by atoms with Crippen LogP contribution in [0.2, 0.25) is 0 Å². The van der Waals surface area contributed by atoms with E-state index in [4.69, 9.17) is 23.7 Å². The van der Waals surface area contributed by atoms with Crippen molar-refractivity contribution in [2.45, 2.75) is 44.6 Å². The highest BCUT2D eigenvalue weighted by Crippen LogP contribution is 2.36. The van der Waals surface area contributed by atoms with Crippen LogP contribution in [-0.4, -0.2) is 51.0 Å². The molecule has 4 atom stereocenters. The fourth-order valence-electron chi connectivity index (χ4n) is 3.32. The summed E-state index contributed by atoms with van der Waals surface area (Å²) in [6.07, 6.45) is -0.207. The van der Waals surface area contributed by atoms with Crippen LogP contribution in [0.5, 0.6) is 0 Å². The Kier molecular flexibility index (Phi) is 5.34. The maximum absolute atomic E-state index is 6.12. The maximum Gasteiger partial charge on any atom is 0.163 e. The lowest BCUT2D eigenvalue weighted by atomic mass is 9.94. The fraction of sp³-hybridized carbons (Fsp3) is 0.667. The molecule has 2 saturated heterocycles. The average molecular weight is 322 g/mol. The van der Waals surface area contributed by atoms with E-state index < -0.39 is 5.79 Å². The molecule has 1 aromatic rings. The van der Waals surface area contributed by atoms with E-state index in [0.29, 0.717) is 26.4 Å². The molecule has 0 N–H and O–H groups in total. The van der Waals surface area contributed by atoms with Crippen LogP contribution in [0, 0.1) is 5.92 Å². The van der Waals surface area contributed by atoms with E-state index >= 15 is 0 Å². The molecule has 2 heterocycles. The van der Waals surface area contributed by atoms with Gasteiger partial charge in [-0.05, 0) is 19.4 Å². The number of ether oxygens (including phenoxy) is 5. The minimum Gasteiger partial charge on any atom is -0.379 e. The first-order chi connectivity index (χ1) is 11.1. The van der Waals surface area contributed by atoms with Gasteiger partial charge in [-0.25, -0.2) is 0 Å². The van der Waals surface area contributed by atoms with Crippen LogP contribution in [0.3, 0.4) is 0 Å². The summed E-state index contributed by atoms with van der Waals surface area (Å²) in [5, 5.41) is 0. The van der Waals surface area contributed by atoms with Gasteiger partial charge in [0.15, 0.2) is 5.79 Å². The van der Waals surface area contributed by atoms with Crippen molar-refractivity contribution in [1.29, 1.82) is 0 Å². The van der Waals surface area contributed by atoms with Crippen LogP contribution in [0.15, 0.2) is 30.3 Å². The zero-order valence-electron chi connectivity index (χ0n) is 14.1. The summed E-state index contributed by atoms with van der Waals surface area (Å²) in [5.74, 6) is -0.510. The van der Waals surface area contributed by atoms with Gasteiger partial charge in [-0.1, -0.05) is 30.3 Å². The number of hydrogen-bond acceptors (Lipinski definition) is 5. The zero-order valence-corrected chi connectivity index (χ0v) is 14.1. The van der Waals surface area contributed by atoms with Crippen molar-refractivity contribution in [2.75, 3.05) is 26.9 Å². The zero-order chi connectivity index (χ0) is 16.3. The van der Waals surface area contributed by atoms with Crippen molar-refractivity contribution in [1.82, 2.24) is 0 Å². The molecule has 0 aliphatic carbocycles. The average Bonchev–Trinajstić information content (AvgIpc) is 2.76. The first-order valence-corrected chi connectivity index (χ1v) is 8.17. The van der Waals surface area contributed by atoms with Gasteiger partial charge in [0.25, 0.3) is 0 Å². The molecule has 1 aromatic carbocycles. The summed E-state index contributed by atoms with van der Waals surface area (Å²) in [6, 6.07) is 10.2. The second-order valence-corrected chi connectivity index (χ2v) is 6.61. The van der Waals surface area contributed by atoms with Crippen molar-refractivity contribution in [2.24, 2.45) is 5.92 Å². The minimum atomic E-state index is -0.591. The summed E-state index contributed by atoms with van der Waals surface area (Å²) >= 11 is 0. The normalized spacial score (nSPS) is 33.2. The van der Waals surface area contributed by atoms with E-state index in [9.17, 15) is 0 Å². The Labute approximate surface area is 137 Å². The van der Waals surface area contributed by atoms with Gasteiger partial charge in [0, 0.05) is 13.0 Å². The molecule has 128 valence electrons. The molecule has 0 spiro atoms. The quantitative estimate of drug-likeness (QED) is 0.833. The summed E-state index contributed by atoms with van der Waals surface area (Å²) in [5.41, 5.74) is 1.16. The third kappa shape index (κ3) is 4.11. The van der Waals surface area contributed by atoms with E-state index in [1.165, 1.54) is 0 Å². The lowest BCUT2D eigenvalue weighted by Crippen LogP contribution is -2.41. The van der Waals surface area contributed by atoms with Gasteiger partial charge >= 0.3 is 0 Å². The number of fused-ring (bicyclic) bond motifs is 1. The minimum absolute atomic E-state index is 0.0572. The van der Waals surface area contributed by atoms with Crippen molar-refractivity contribution in [3.05, 3.63) is 35.9 Å². The van der Waals surface area contributed by atoms with Gasteiger partial charge in [-0.15, -0.1) is 0 Å². The highest BCUT2D eigenvalue weighted by Gasteiger charge is 2.49. The Morgan fingerprint density at radius 3 is 2.65 bits per heavy atom. The predicted molar refractivity (Wildman–Crippen MR) is 85.0 cm³/mol. The Balaban J connectivity index is 1.65. The van der Waals surface area contributed by atoms with Gasteiger partial charge in [0.2, 0.25) is 0 Å². The largest absolute Gasteiger partial charge is 0.379 e. The van der Waals surface area contributed by atoms with Gasteiger partial charge < -0.3 is 23.7 Å². The van der Waals surface area contributed by atoms with Crippen LogP contribution in [-0.2, 0) is 30.3 Å². The van der Waals surface area contributed by atoms with Gasteiger partial charge in [-0.2, -0.15) is 0 Å². The second kappa shape index (κ2) is 7.28. The molecule has 0 aromatic heterocycles. The van der Waals surface area contributed by atoms with E-state index in [0.717, 1.165) is 5.56 Å². The highest BCUT2D eigenvalue weighted by atomic mass is 16.8. The first kappa shape index (κ1) is 16.9. The Morgan fingerprint density at radius 1 is 1.13 bits per heavy atom. The van der Waals surface area contributed by atoms with Gasteiger partial charge in [0.05, 0.1) is 38.6 Å². The molecule has 0 unspecified atom stereocenters. The van der Waals surface area contributed by atoms with Crippen molar-refractivity contribution in [3.8, 4) is 0 Å². The molecule has 5 heteroatoms. The Bertz CT molecular complexity index is 489. The summed E-state index contributed by atoms with van der Waals surface area (Å²) in [7, 11) is 1.71. The summed E-state index contributed by atoms with van der Waals surface area (Å²) in [6.45, 7) is 6.07. The van der Waals surface area contributed by atoms with Crippen molar-refractivity contribution < 1.29 is 23.7 Å². The molecule has 2 aliphatic rings. The van der Waals surface area contributed by atoms with Crippen LogP contribution >= 0.6 is 0 Å². The monoisotopic (exact) mass is 322 g/mol. The van der Waals surface area contributed by atoms with E-state index in [-0.39, 0.29) is 24.2 Å². The smallest absolute Gasteiger partial charge is 0.163 e. The molecule has 2 aliphatic heterocycles. The van der Waals surface area contributed by atoms with Crippen molar-refractivity contribution in [3.63, 3.8) is 0 Å². The van der Waals surface area contributed by atoms with Crippen LogP contribution in [0.25, 0.3) is 0 Å². The topological polar surface area (TPSA) is 46.2 Å². The van der Waals surface area contributed by atoms with Crippen LogP contribution < -0.4 is 0 Å². The third-order valence-corrected chi connectivity index (χ3v) is 4.41. The van der Waals surface area contributed by atoms with E-state index in [1.54, 1.807) is 7.11 Å². The molecule has 3 rings (SSSR count). The summed E-state index contributed by atoms with van der Waals surface area (Å²) < 4.78 is 29.4. The molecule has 0 saturated carbocycles. The SMILES string of the molecule is CO[C@H]1COC[C@@H]2OC(C)(C)O[C@@H]2[C@@H]1COCc1ccccc1. The third-order valence-electron chi connectivity index (χ3n) is 4.41. The first-order valence-electron chi connectivity index (χ1n) is 8.17. The van der Waals surface area contributed by atoms with Crippen molar-refractivity contribution >= 4 is 0 Å². The highest BCUT2D eigenvalue weighted by molar-refractivity contribution is 5.13. The second-order valence-electron chi connectivity index (χ2n) is 6.61. The van der Waals surface area contributed by atoms with Crippen LogP contribution in [0.4, 0.5) is 0 Å². The fourth-order valence-corrected chi connectivity index (χ4v) is 3.32.